The number of carbonyl (C=O) groups excluding carboxylic acids is 1. The first-order chi connectivity index (χ1) is 9.12. The molecule has 6 nitrogen and oxygen atoms in total. The van der Waals surface area contributed by atoms with Gasteiger partial charge >= 0.3 is 0 Å². The fourth-order valence-corrected chi connectivity index (χ4v) is 2.17. The molecule has 0 aromatic carbocycles. The summed E-state index contributed by atoms with van der Waals surface area (Å²) in [5.74, 6) is -0.0778. The summed E-state index contributed by atoms with van der Waals surface area (Å²) < 4.78 is 1.68. The van der Waals surface area contributed by atoms with Crippen molar-refractivity contribution >= 4 is 17.1 Å². The maximum atomic E-state index is 11.6. The molecule has 0 saturated heterocycles. The number of imidazole rings is 1. The Kier molecular flexibility index (Phi) is 3.78. The Morgan fingerprint density at radius 1 is 1.32 bits per heavy atom. The lowest BCUT2D eigenvalue weighted by Crippen LogP contribution is -2.08. The van der Waals surface area contributed by atoms with E-state index >= 15 is 0 Å². The van der Waals surface area contributed by atoms with Crippen LogP contribution in [0.2, 0.25) is 0 Å². The molecule has 2 rings (SSSR count). The third-order valence-electron chi connectivity index (χ3n) is 3.30. The largest absolute Gasteiger partial charge is 0.480 e. The quantitative estimate of drug-likeness (QED) is 0.837. The zero-order valence-corrected chi connectivity index (χ0v) is 11.4. The van der Waals surface area contributed by atoms with Crippen LogP contribution in [-0.4, -0.2) is 30.4 Å². The van der Waals surface area contributed by atoms with Crippen molar-refractivity contribution in [3.8, 4) is 6.01 Å². The highest BCUT2D eigenvalue weighted by atomic mass is 16.3. The summed E-state index contributed by atoms with van der Waals surface area (Å²) >= 11 is 0. The lowest BCUT2D eigenvalue weighted by Gasteiger charge is -2.15. The molecule has 2 aromatic heterocycles. The number of fused-ring (bicyclic) bond motifs is 1. The minimum absolute atomic E-state index is 0.0778. The molecule has 6 heteroatoms. The Hall–Kier alpha value is -1.98. The molecule has 102 valence electrons. The maximum Gasteiger partial charge on any atom is 0.297 e. The molecule has 2 heterocycles. The number of carbonyl (C=O) groups is 1. The van der Waals surface area contributed by atoms with Crippen LogP contribution < -0.4 is 0 Å². The van der Waals surface area contributed by atoms with Crippen LogP contribution in [0.3, 0.4) is 0 Å². The SMILES string of the molecule is CCC(=O)c1cnc2c(n1)nc(O)n2C(CC)CC. The molecule has 2 aromatic rings. The molecule has 0 spiro atoms. The van der Waals surface area contributed by atoms with Gasteiger partial charge in [-0.05, 0) is 12.8 Å². The van der Waals surface area contributed by atoms with E-state index in [1.54, 1.807) is 11.5 Å². The lowest BCUT2D eigenvalue weighted by molar-refractivity contribution is 0.0983. The van der Waals surface area contributed by atoms with Crippen LogP contribution in [0.5, 0.6) is 6.01 Å². The van der Waals surface area contributed by atoms with Gasteiger partial charge in [0.1, 0.15) is 5.69 Å². The molecular weight excluding hydrogens is 244 g/mol. The van der Waals surface area contributed by atoms with Crippen molar-refractivity contribution in [1.29, 1.82) is 0 Å². The number of hydrogen-bond acceptors (Lipinski definition) is 5. The van der Waals surface area contributed by atoms with Crippen LogP contribution in [0, 0.1) is 0 Å². The Morgan fingerprint density at radius 2 is 2.00 bits per heavy atom. The third kappa shape index (κ3) is 2.30. The van der Waals surface area contributed by atoms with Crippen molar-refractivity contribution in [3.63, 3.8) is 0 Å². The maximum absolute atomic E-state index is 11.6. The summed E-state index contributed by atoms with van der Waals surface area (Å²) in [6, 6.07) is 0.0387. The lowest BCUT2D eigenvalue weighted by atomic mass is 10.2. The van der Waals surface area contributed by atoms with Gasteiger partial charge in [0, 0.05) is 12.5 Å². The number of ketones is 1. The van der Waals surface area contributed by atoms with Crippen molar-refractivity contribution in [3.05, 3.63) is 11.9 Å². The number of hydrogen-bond donors (Lipinski definition) is 1. The zero-order chi connectivity index (χ0) is 14.0. The van der Waals surface area contributed by atoms with E-state index in [4.69, 9.17) is 0 Å². The van der Waals surface area contributed by atoms with E-state index in [1.165, 1.54) is 6.20 Å². The first-order valence-corrected chi connectivity index (χ1v) is 6.59. The third-order valence-corrected chi connectivity index (χ3v) is 3.30. The van der Waals surface area contributed by atoms with Gasteiger partial charge in [-0.2, -0.15) is 4.98 Å². The summed E-state index contributed by atoms with van der Waals surface area (Å²) in [6.45, 7) is 5.86. The summed E-state index contributed by atoms with van der Waals surface area (Å²) in [5.41, 5.74) is 1.15. The van der Waals surface area contributed by atoms with Gasteiger partial charge in [0.05, 0.1) is 6.20 Å². The summed E-state index contributed by atoms with van der Waals surface area (Å²) in [7, 11) is 0. The molecule has 0 bridgehead atoms. The van der Waals surface area contributed by atoms with Crippen LogP contribution in [0.4, 0.5) is 0 Å². The van der Waals surface area contributed by atoms with E-state index in [0.29, 0.717) is 23.4 Å². The molecule has 0 unspecified atom stereocenters. The predicted octanol–water partition coefficient (Wildman–Crippen LogP) is 2.49. The smallest absolute Gasteiger partial charge is 0.297 e. The number of aromatic nitrogens is 4. The average molecular weight is 262 g/mol. The van der Waals surface area contributed by atoms with Gasteiger partial charge in [-0.15, -0.1) is 0 Å². The van der Waals surface area contributed by atoms with Crippen molar-refractivity contribution in [2.75, 3.05) is 0 Å². The fourth-order valence-electron chi connectivity index (χ4n) is 2.17. The molecule has 0 amide bonds. The van der Waals surface area contributed by atoms with Crippen LogP contribution in [0.15, 0.2) is 6.20 Å². The zero-order valence-electron chi connectivity index (χ0n) is 11.4. The summed E-state index contributed by atoms with van der Waals surface area (Å²) in [4.78, 5) is 24.0. The molecule has 0 aliphatic carbocycles. The molecule has 0 aliphatic heterocycles. The van der Waals surface area contributed by atoms with E-state index in [0.717, 1.165) is 12.8 Å². The Bertz CT molecular complexity index is 602. The monoisotopic (exact) mass is 262 g/mol. The predicted molar refractivity (Wildman–Crippen MR) is 71.2 cm³/mol. The molecule has 19 heavy (non-hydrogen) atoms. The number of nitrogens with zero attached hydrogens (tertiary/aromatic N) is 4. The minimum Gasteiger partial charge on any atom is -0.480 e. The van der Waals surface area contributed by atoms with Crippen molar-refractivity contribution in [1.82, 2.24) is 19.5 Å². The topological polar surface area (TPSA) is 80.9 Å². The van der Waals surface area contributed by atoms with Gasteiger partial charge in [0.15, 0.2) is 11.4 Å². The molecule has 0 radical (unpaired) electrons. The molecule has 0 fully saturated rings. The number of Topliss-reactive ketones (excluding diaryl/α,β-unsaturated/α-hetero) is 1. The second-order valence-electron chi connectivity index (χ2n) is 4.43. The van der Waals surface area contributed by atoms with E-state index in [1.807, 2.05) is 13.8 Å². The normalized spacial score (nSPS) is 11.4. The van der Waals surface area contributed by atoms with Gasteiger partial charge in [0.25, 0.3) is 6.01 Å². The van der Waals surface area contributed by atoms with Crippen molar-refractivity contribution in [2.45, 2.75) is 46.1 Å². The van der Waals surface area contributed by atoms with Gasteiger partial charge in [-0.3, -0.25) is 9.36 Å². The standard InChI is InChI=1S/C13H18N4O2/c1-4-8(5-2)17-12-11(16-13(17)19)15-9(7-14-12)10(18)6-3/h7-8H,4-6H2,1-3H3,(H,15,16,19). The van der Waals surface area contributed by atoms with E-state index in [2.05, 4.69) is 15.0 Å². The van der Waals surface area contributed by atoms with Crippen LogP contribution in [0.25, 0.3) is 11.3 Å². The minimum atomic E-state index is -0.0928. The van der Waals surface area contributed by atoms with Crippen molar-refractivity contribution < 1.29 is 9.90 Å². The van der Waals surface area contributed by atoms with Crippen LogP contribution >= 0.6 is 0 Å². The van der Waals surface area contributed by atoms with Crippen molar-refractivity contribution in [2.24, 2.45) is 0 Å². The van der Waals surface area contributed by atoms with E-state index in [9.17, 15) is 9.90 Å². The van der Waals surface area contributed by atoms with Gasteiger partial charge < -0.3 is 5.11 Å². The molecular formula is C13H18N4O2. The highest BCUT2D eigenvalue weighted by molar-refractivity contribution is 5.94. The fraction of sp³-hybridized carbons (Fsp3) is 0.538. The Labute approximate surface area is 111 Å². The Balaban J connectivity index is 2.56. The molecule has 1 N–H and O–H groups in total. The van der Waals surface area contributed by atoms with Crippen LogP contribution in [-0.2, 0) is 0 Å². The average Bonchev–Trinajstić information content (AvgIpc) is 2.75. The molecule has 0 saturated carbocycles. The van der Waals surface area contributed by atoms with Gasteiger partial charge in [-0.1, -0.05) is 20.8 Å². The van der Waals surface area contributed by atoms with E-state index < -0.39 is 0 Å². The first-order valence-electron chi connectivity index (χ1n) is 6.59. The number of aromatic hydroxyl groups is 1. The summed E-state index contributed by atoms with van der Waals surface area (Å²) in [5, 5.41) is 9.94. The highest BCUT2D eigenvalue weighted by Gasteiger charge is 2.19. The van der Waals surface area contributed by atoms with Crippen LogP contribution in [0.1, 0.15) is 56.6 Å². The first kappa shape index (κ1) is 13.5. The number of rotatable bonds is 5. The van der Waals surface area contributed by atoms with E-state index in [-0.39, 0.29) is 17.8 Å². The Morgan fingerprint density at radius 3 is 2.58 bits per heavy atom. The molecule has 0 aliphatic rings. The second-order valence-corrected chi connectivity index (χ2v) is 4.43. The summed E-state index contributed by atoms with van der Waals surface area (Å²) in [6.07, 6.45) is 3.56. The highest BCUT2D eigenvalue weighted by Crippen LogP contribution is 2.26. The van der Waals surface area contributed by atoms with Gasteiger partial charge in [-0.25, -0.2) is 9.97 Å². The molecule has 0 atom stereocenters. The van der Waals surface area contributed by atoms with Gasteiger partial charge in [0.2, 0.25) is 5.65 Å². The second kappa shape index (κ2) is 5.34.